The van der Waals surface area contributed by atoms with E-state index in [1.165, 1.54) is 30.1 Å². The maximum Gasteiger partial charge on any atom is 0.269 e. The van der Waals surface area contributed by atoms with Crippen molar-refractivity contribution in [3.8, 4) is 5.75 Å². The van der Waals surface area contributed by atoms with E-state index in [1.54, 1.807) is 0 Å². The fourth-order valence-corrected chi connectivity index (χ4v) is 2.79. The molecule has 0 aliphatic rings. The highest BCUT2D eigenvalue weighted by atomic mass is 16.6. The second-order valence-electron chi connectivity index (χ2n) is 8.05. The number of ether oxygens (including phenoxy) is 1. The van der Waals surface area contributed by atoms with Crippen LogP contribution in [0, 0.1) is 10.1 Å². The number of rotatable bonds is 8. The van der Waals surface area contributed by atoms with Gasteiger partial charge in [-0.2, -0.15) is 0 Å². The van der Waals surface area contributed by atoms with Crippen molar-refractivity contribution >= 4 is 17.5 Å². The minimum absolute atomic E-state index is 0.0458. The molecular weight excluding hydrogens is 386 g/mol. The van der Waals surface area contributed by atoms with Crippen LogP contribution in [0.3, 0.4) is 0 Å². The maximum absolute atomic E-state index is 12.4. The molecule has 2 amide bonds. The van der Waals surface area contributed by atoms with Crippen LogP contribution in [-0.2, 0) is 16.0 Å². The van der Waals surface area contributed by atoms with Crippen LogP contribution in [0.2, 0.25) is 0 Å². The fourth-order valence-electron chi connectivity index (χ4n) is 2.79. The maximum atomic E-state index is 12.4. The van der Waals surface area contributed by atoms with Crippen LogP contribution in [-0.4, -0.2) is 47.4 Å². The van der Waals surface area contributed by atoms with Crippen molar-refractivity contribution in [2.24, 2.45) is 0 Å². The molecular formula is C22H27N3O5. The van der Waals surface area contributed by atoms with Gasteiger partial charge in [-0.05, 0) is 32.4 Å². The minimum Gasteiger partial charge on any atom is -0.483 e. The van der Waals surface area contributed by atoms with E-state index in [4.69, 9.17) is 4.74 Å². The molecule has 0 aromatic heterocycles. The summed E-state index contributed by atoms with van der Waals surface area (Å²) in [6.45, 7) is 5.21. The third-order valence-electron chi connectivity index (χ3n) is 4.16. The normalized spacial score (nSPS) is 10.9. The van der Waals surface area contributed by atoms with Gasteiger partial charge in [0.25, 0.3) is 11.6 Å². The monoisotopic (exact) mass is 413 g/mol. The van der Waals surface area contributed by atoms with Crippen LogP contribution < -0.4 is 10.1 Å². The first kappa shape index (κ1) is 22.9. The van der Waals surface area contributed by atoms with Crippen LogP contribution in [0.25, 0.3) is 0 Å². The number of carbonyl (C=O) groups excluding carboxylic acids is 2. The first-order valence-electron chi connectivity index (χ1n) is 9.54. The smallest absolute Gasteiger partial charge is 0.269 e. The van der Waals surface area contributed by atoms with E-state index >= 15 is 0 Å². The van der Waals surface area contributed by atoms with Gasteiger partial charge in [0.15, 0.2) is 6.61 Å². The summed E-state index contributed by atoms with van der Waals surface area (Å²) in [7, 11) is 1.52. The lowest BCUT2D eigenvalue weighted by atomic mass is 10.0. The predicted octanol–water partition coefficient (Wildman–Crippen LogP) is 2.94. The molecule has 2 aromatic carbocycles. The molecule has 0 saturated heterocycles. The van der Waals surface area contributed by atoms with Gasteiger partial charge in [-0.25, -0.2) is 0 Å². The average Bonchev–Trinajstić information content (AvgIpc) is 2.65. The Morgan fingerprint density at radius 3 is 2.40 bits per heavy atom. The second kappa shape index (κ2) is 9.87. The number of nitro groups is 1. The number of hydrogen-bond acceptors (Lipinski definition) is 5. The molecule has 0 aliphatic carbocycles. The van der Waals surface area contributed by atoms with Gasteiger partial charge in [0, 0.05) is 36.7 Å². The standard InChI is InChI=1S/C22H27N3O5/c1-22(2,3)23-20(26)14-24(4)21(27)15-30-19-11-10-18(25(28)29)13-17(19)12-16-8-6-5-7-9-16/h5-11,13H,12,14-15H2,1-4H3,(H,23,26). The van der Waals surface area contributed by atoms with Crippen molar-refractivity contribution in [2.45, 2.75) is 32.7 Å². The van der Waals surface area contributed by atoms with Crippen molar-refractivity contribution in [2.75, 3.05) is 20.2 Å². The Kier molecular flexibility index (Phi) is 7.52. The molecule has 8 nitrogen and oxygen atoms in total. The predicted molar refractivity (Wildman–Crippen MR) is 113 cm³/mol. The van der Waals surface area contributed by atoms with Gasteiger partial charge in [-0.1, -0.05) is 30.3 Å². The molecule has 0 spiro atoms. The molecule has 2 aromatic rings. The number of non-ortho nitro benzene ring substituents is 1. The number of hydrogen-bond donors (Lipinski definition) is 1. The van der Waals surface area contributed by atoms with Gasteiger partial charge >= 0.3 is 0 Å². The molecule has 2 rings (SSSR count). The van der Waals surface area contributed by atoms with Crippen LogP contribution in [0.1, 0.15) is 31.9 Å². The molecule has 0 heterocycles. The summed E-state index contributed by atoms with van der Waals surface area (Å²) in [6.07, 6.45) is 0.426. The van der Waals surface area contributed by atoms with E-state index in [-0.39, 0.29) is 36.2 Å². The number of carbonyl (C=O) groups is 2. The first-order chi connectivity index (χ1) is 14.0. The van der Waals surface area contributed by atoms with Gasteiger partial charge in [0.05, 0.1) is 11.5 Å². The summed E-state index contributed by atoms with van der Waals surface area (Å²) >= 11 is 0. The third-order valence-corrected chi connectivity index (χ3v) is 4.16. The van der Waals surface area contributed by atoms with Crippen molar-refractivity contribution in [1.82, 2.24) is 10.2 Å². The largest absolute Gasteiger partial charge is 0.483 e. The minimum atomic E-state index is -0.467. The fraction of sp³-hybridized carbons (Fsp3) is 0.364. The molecule has 0 atom stereocenters. The molecule has 0 fully saturated rings. The molecule has 30 heavy (non-hydrogen) atoms. The van der Waals surface area contributed by atoms with Crippen molar-refractivity contribution < 1.29 is 19.2 Å². The Hall–Kier alpha value is -3.42. The zero-order chi connectivity index (χ0) is 22.3. The van der Waals surface area contributed by atoms with Gasteiger partial charge in [-0.15, -0.1) is 0 Å². The van der Waals surface area contributed by atoms with Gasteiger partial charge in [0.1, 0.15) is 5.75 Å². The molecule has 0 aliphatic heterocycles. The molecule has 1 N–H and O–H groups in total. The van der Waals surface area contributed by atoms with E-state index in [9.17, 15) is 19.7 Å². The van der Waals surface area contributed by atoms with Gasteiger partial charge in [0.2, 0.25) is 5.91 Å². The van der Waals surface area contributed by atoms with Gasteiger partial charge < -0.3 is 15.0 Å². The molecule has 0 radical (unpaired) electrons. The van der Waals surface area contributed by atoms with Crippen LogP contribution in [0.5, 0.6) is 5.75 Å². The second-order valence-corrected chi connectivity index (χ2v) is 8.05. The summed E-state index contributed by atoms with van der Waals surface area (Å²) in [5.74, 6) is -0.244. The number of nitro benzene ring substituents is 1. The topological polar surface area (TPSA) is 102 Å². The average molecular weight is 413 g/mol. The number of likely N-dealkylation sites (N-methyl/N-ethyl adjacent to an activating group) is 1. The third kappa shape index (κ3) is 7.20. The Bertz CT molecular complexity index is 907. The molecule has 0 saturated carbocycles. The van der Waals surface area contributed by atoms with Crippen LogP contribution in [0.4, 0.5) is 5.69 Å². The Balaban J connectivity index is 2.07. The summed E-state index contributed by atoms with van der Waals surface area (Å²) in [5.41, 5.74) is 1.14. The van der Waals surface area contributed by atoms with E-state index < -0.39 is 4.92 Å². The zero-order valence-electron chi connectivity index (χ0n) is 17.7. The molecule has 8 heteroatoms. The van der Waals surface area contributed by atoms with E-state index in [0.717, 1.165) is 5.56 Å². The van der Waals surface area contributed by atoms with Crippen LogP contribution in [0.15, 0.2) is 48.5 Å². The number of amides is 2. The summed E-state index contributed by atoms with van der Waals surface area (Å²) in [6, 6.07) is 13.8. The van der Waals surface area contributed by atoms with E-state index in [1.807, 2.05) is 51.1 Å². The number of nitrogens with zero attached hydrogens (tertiary/aromatic N) is 2. The summed E-state index contributed by atoms with van der Waals surface area (Å²) in [4.78, 5) is 36.3. The highest BCUT2D eigenvalue weighted by Gasteiger charge is 2.19. The highest BCUT2D eigenvalue weighted by Crippen LogP contribution is 2.26. The number of nitrogens with one attached hydrogen (secondary N) is 1. The van der Waals surface area contributed by atoms with Gasteiger partial charge in [-0.3, -0.25) is 19.7 Å². The van der Waals surface area contributed by atoms with E-state index in [0.29, 0.717) is 17.7 Å². The lowest BCUT2D eigenvalue weighted by Crippen LogP contribution is -2.47. The van der Waals surface area contributed by atoms with Crippen molar-refractivity contribution in [3.05, 3.63) is 69.8 Å². The zero-order valence-corrected chi connectivity index (χ0v) is 17.7. The summed E-state index contributed by atoms with van der Waals surface area (Å²) in [5, 5.41) is 13.9. The Morgan fingerprint density at radius 1 is 1.13 bits per heavy atom. The lowest BCUT2D eigenvalue weighted by Gasteiger charge is -2.23. The molecule has 0 bridgehead atoms. The Labute approximate surface area is 176 Å². The molecule has 160 valence electrons. The van der Waals surface area contributed by atoms with Crippen molar-refractivity contribution in [3.63, 3.8) is 0 Å². The highest BCUT2D eigenvalue weighted by molar-refractivity contribution is 5.85. The Morgan fingerprint density at radius 2 is 1.80 bits per heavy atom. The summed E-state index contributed by atoms with van der Waals surface area (Å²) < 4.78 is 5.66. The molecule has 0 unspecified atom stereocenters. The first-order valence-corrected chi connectivity index (χ1v) is 9.54. The van der Waals surface area contributed by atoms with Crippen LogP contribution >= 0.6 is 0 Å². The SMILES string of the molecule is CN(CC(=O)NC(C)(C)C)C(=O)COc1ccc([N+](=O)[O-])cc1Cc1ccccc1. The quantitative estimate of drug-likeness (QED) is 0.530. The number of benzene rings is 2. The van der Waals surface area contributed by atoms with Crippen molar-refractivity contribution in [1.29, 1.82) is 0 Å². The van der Waals surface area contributed by atoms with E-state index in [2.05, 4.69) is 5.32 Å². The lowest BCUT2D eigenvalue weighted by molar-refractivity contribution is -0.384.